The number of carbonyl (C=O) groups is 1. The van der Waals surface area contributed by atoms with Crippen molar-refractivity contribution in [1.29, 1.82) is 0 Å². The highest BCUT2D eigenvalue weighted by molar-refractivity contribution is 7.59. The van der Waals surface area contributed by atoms with Crippen molar-refractivity contribution < 1.29 is 23.2 Å². The fourth-order valence-electron chi connectivity index (χ4n) is 3.45. The number of nitrogens with two attached hydrogens (primary N) is 1. The lowest BCUT2D eigenvalue weighted by Gasteiger charge is -2.31. The molecule has 0 saturated carbocycles. The maximum atomic E-state index is 13.9. The number of imidazole rings is 1. The van der Waals surface area contributed by atoms with Gasteiger partial charge in [-0.05, 0) is 44.9 Å². The van der Waals surface area contributed by atoms with Crippen LogP contribution in [0, 0.1) is 5.82 Å². The second kappa shape index (κ2) is 11.9. The number of nitrogens with zero attached hydrogens (tertiary/aromatic N) is 4. The van der Waals surface area contributed by atoms with Crippen molar-refractivity contribution in [2.45, 2.75) is 58.8 Å². The number of ether oxygens (including phenoxy) is 2. The summed E-state index contributed by atoms with van der Waals surface area (Å²) < 4.78 is 40.5. The van der Waals surface area contributed by atoms with Gasteiger partial charge in [0.2, 0.25) is 7.44 Å². The number of esters is 1. The van der Waals surface area contributed by atoms with Crippen molar-refractivity contribution in [2.24, 2.45) is 0 Å². The van der Waals surface area contributed by atoms with Crippen LogP contribution < -0.4 is 15.9 Å². The highest BCUT2D eigenvalue weighted by Gasteiger charge is 2.37. The molecular weight excluding hydrogens is 488 g/mol. The zero-order chi connectivity index (χ0) is 26.3. The molecule has 1 aromatic carbocycles. The first-order chi connectivity index (χ1) is 17.0. The lowest BCUT2D eigenvalue weighted by atomic mass is 10.1. The van der Waals surface area contributed by atoms with Crippen LogP contribution in [-0.4, -0.2) is 50.1 Å². The predicted molar refractivity (Wildman–Crippen MR) is 134 cm³/mol. The number of hydrogen-bond acceptors (Lipinski definition) is 8. The van der Waals surface area contributed by atoms with E-state index in [1.807, 2.05) is 13.8 Å². The number of rotatable bonds is 13. The Balaban J connectivity index is 1.72. The average Bonchev–Trinajstić information content (AvgIpc) is 3.24. The van der Waals surface area contributed by atoms with E-state index in [4.69, 9.17) is 15.2 Å². The lowest BCUT2D eigenvalue weighted by molar-refractivity contribution is -0.149. The minimum absolute atomic E-state index is 0.0994. The quantitative estimate of drug-likeness (QED) is 0.226. The molecule has 1 unspecified atom stereocenters. The fraction of sp³-hybridized carbons (Fsp3) is 0.478. The van der Waals surface area contributed by atoms with Gasteiger partial charge in [-0.2, -0.15) is 0 Å². The van der Waals surface area contributed by atoms with Gasteiger partial charge in [-0.1, -0.05) is 19.1 Å². The summed E-state index contributed by atoms with van der Waals surface area (Å²) in [5.74, 6) is -0.658. The smallest absolute Gasteiger partial charge is 0.326 e. The number of nitrogen functional groups attached to an aromatic ring is 1. The number of anilines is 1. The summed E-state index contributed by atoms with van der Waals surface area (Å²) in [7, 11) is -3.52. The molecule has 196 valence electrons. The van der Waals surface area contributed by atoms with Gasteiger partial charge in [-0.25, -0.2) is 29.5 Å². The Labute approximate surface area is 209 Å². The molecule has 2 heterocycles. The summed E-state index contributed by atoms with van der Waals surface area (Å²) in [6, 6.07) is 5.96. The summed E-state index contributed by atoms with van der Waals surface area (Å²) >= 11 is 0. The van der Waals surface area contributed by atoms with Crippen molar-refractivity contribution in [3.8, 4) is 0 Å². The van der Waals surface area contributed by atoms with E-state index < -0.39 is 30.9 Å². The fourth-order valence-corrected chi connectivity index (χ4v) is 5.58. The largest absolute Gasteiger partial charge is 0.464 e. The van der Waals surface area contributed by atoms with Gasteiger partial charge < -0.3 is 19.8 Å². The van der Waals surface area contributed by atoms with Crippen LogP contribution in [0.2, 0.25) is 0 Å². The molecule has 0 spiro atoms. The standard InChI is InChI=1S/C23H33FN7O4P/c1-5-9-34-22(32)23(3,4)30-36(33,29-11-17-7-6-8-18(24)10-17)15-35-16(2)12-31-14-28-19-20(25)26-13-27-21(19)31/h6-8,10,13-14,16H,5,9,11-12,15H2,1-4H3,(H2,25,26,27)(H2,29,30,33)/t16-,36?/m1/s1. The molecule has 0 saturated heterocycles. The maximum absolute atomic E-state index is 13.9. The molecule has 2 atom stereocenters. The first-order valence-electron chi connectivity index (χ1n) is 11.6. The van der Waals surface area contributed by atoms with Gasteiger partial charge in [-0.3, -0.25) is 9.36 Å². The van der Waals surface area contributed by atoms with E-state index >= 15 is 0 Å². The number of aromatic nitrogens is 4. The third kappa shape index (κ3) is 7.30. The Hall–Kier alpha value is -2.92. The van der Waals surface area contributed by atoms with Crippen molar-refractivity contribution in [2.75, 3.05) is 18.7 Å². The number of nitrogens with one attached hydrogen (secondary N) is 2. The van der Waals surface area contributed by atoms with Crippen molar-refractivity contribution in [3.05, 3.63) is 48.3 Å². The highest BCUT2D eigenvalue weighted by Crippen LogP contribution is 2.40. The Kier molecular flexibility index (Phi) is 9.13. The van der Waals surface area contributed by atoms with Crippen LogP contribution >= 0.6 is 7.44 Å². The van der Waals surface area contributed by atoms with Crippen LogP contribution in [0.4, 0.5) is 10.2 Å². The van der Waals surface area contributed by atoms with Gasteiger partial charge in [-0.15, -0.1) is 0 Å². The van der Waals surface area contributed by atoms with Crippen molar-refractivity contribution in [1.82, 2.24) is 29.7 Å². The molecule has 11 nitrogen and oxygen atoms in total. The Bertz CT molecular complexity index is 1240. The predicted octanol–water partition coefficient (Wildman–Crippen LogP) is 3.21. The van der Waals surface area contributed by atoms with Gasteiger partial charge in [0.05, 0.1) is 25.6 Å². The van der Waals surface area contributed by atoms with Crippen LogP contribution in [0.15, 0.2) is 36.9 Å². The van der Waals surface area contributed by atoms with Gasteiger partial charge in [0.15, 0.2) is 11.5 Å². The second-order valence-electron chi connectivity index (χ2n) is 9.01. The van der Waals surface area contributed by atoms with Crippen LogP contribution in [0.1, 0.15) is 39.7 Å². The van der Waals surface area contributed by atoms with E-state index in [-0.39, 0.29) is 25.3 Å². The zero-order valence-electron chi connectivity index (χ0n) is 20.9. The highest BCUT2D eigenvalue weighted by atomic mass is 31.2. The van der Waals surface area contributed by atoms with Gasteiger partial charge in [0, 0.05) is 6.54 Å². The minimum Gasteiger partial charge on any atom is -0.464 e. The third-order valence-electron chi connectivity index (χ3n) is 5.26. The zero-order valence-corrected chi connectivity index (χ0v) is 21.8. The van der Waals surface area contributed by atoms with Gasteiger partial charge in [0.1, 0.15) is 29.5 Å². The lowest BCUT2D eigenvalue weighted by Crippen LogP contribution is -2.48. The SMILES string of the molecule is CCCOC(=O)C(C)(C)NP(=O)(CO[C@H](C)Cn1cnc2c(N)ncnc21)NCc1cccc(F)c1. The van der Waals surface area contributed by atoms with Crippen LogP contribution in [0.3, 0.4) is 0 Å². The molecule has 3 aromatic rings. The van der Waals surface area contributed by atoms with Crippen molar-refractivity contribution >= 4 is 30.4 Å². The monoisotopic (exact) mass is 521 g/mol. The van der Waals surface area contributed by atoms with E-state index in [2.05, 4.69) is 25.1 Å². The second-order valence-corrected chi connectivity index (χ2v) is 11.3. The molecule has 3 rings (SSSR count). The summed E-state index contributed by atoms with van der Waals surface area (Å²) in [6.07, 6.45) is 2.97. The van der Waals surface area contributed by atoms with E-state index in [0.717, 1.165) is 0 Å². The molecule has 0 bridgehead atoms. The molecule has 2 aromatic heterocycles. The average molecular weight is 522 g/mol. The molecule has 0 radical (unpaired) electrons. The van der Waals surface area contributed by atoms with Gasteiger partial charge in [0.25, 0.3) is 0 Å². The third-order valence-corrected chi connectivity index (χ3v) is 7.36. The Morgan fingerprint density at radius 2 is 2.08 bits per heavy atom. The molecule has 0 fully saturated rings. The molecule has 36 heavy (non-hydrogen) atoms. The number of benzene rings is 1. The topological polar surface area (TPSA) is 146 Å². The van der Waals surface area contributed by atoms with E-state index in [9.17, 15) is 13.8 Å². The number of hydrogen-bond donors (Lipinski definition) is 3. The summed E-state index contributed by atoms with van der Waals surface area (Å²) in [5, 5.41) is 5.86. The molecule has 0 aliphatic heterocycles. The Morgan fingerprint density at radius 3 is 2.81 bits per heavy atom. The molecule has 13 heteroatoms. The summed E-state index contributed by atoms with van der Waals surface area (Å²) in [4.78, 5) is 25.0. The number of fused-ring (bicyclic) bond motifs is 1. The molecule has 0 aliphatic rings. The molecule has 0 amide bonds. The van der Waals surface area contributed by atoms with Crippen LogP contribution in [-0.2, 0) is 31.9 Å². The normalized spacial score (nSPS) is 14.5. The van der Waals surface area contributed by atoms with E-state index in [1.54, 1.807) is 36.9 Å². The molecule has 0 aliphatic carbocycles. The van der Waals surface area contributed by atoms with Crippen molar-refractivity contribution in [3.63, 3.8) is 0 Å². The van der Waals surface area contributed by atoms with Gasteiger partial charge >= 0.3 is 5.97 Å². The van der Waals surface area contributed by atoms with E-state index in [1.165, 1.54) is 18.5 Å². The first kappa shape index (κ1) is 27.7. The van der Waals surface area contributed by atoms with Crippen LogP contribution in [0.5, 0.6) is 0 Å². The van der Waals surface area contributed by atoms with Crippen LogP contribution in [0.25, 0.3) is 11.2 Å². The minimum atomic E-state index is -3.52. The summed E-state index contributed by atoms with van der Waals surface area (Å²) in [6.45, 7) is 7.60. The van der Waals surface area contributed by atoms with E-state index in [0.29, 0.717) is 29.7 Å². The number of carbonyl (C=O) groups excluding carboxylic acids is 1. The molecule has 4 N–H and O–H groups in total. The first-order valence-corrected chi connectivity index (χ1v) is 13.5. The Morgan fingerprint density at radius 1 is 1.31 bits per heavy atom. The summed E-state index contributed by atoms with van der Waals surface area (Å²) in [5.41, 5.74) is 6.23. The number of halogens is 1. The maximum Gasteiger partial charge on any atom is 0.326 e. The molecular formula is C23H33FN7O4P.